The highest BCUT2D eigenvalue weighted by Gasteiger charge is 2.12. The quantitative estimate of drug-likeness (QED) is 0.796. The molecule has 0 radical (unpaired) electrons. The van der Waals surface area contributed by atoms with Crippen molar-refractivity contribution in [3.63, 3.8) is 0 Å². The van der Waals surface area contributed by atoms with Gasteiger partial charge in [0.05, 0.1) is 12.1 Å². The van der Waals surface area contributed by atoms with Gasteiger partial charge in [-0.2, -0.15) is 0 Å². The van der Waals surface area contributed by atoms with E-state index in [-0.39, 0.29) is 23.0 Å². The van der Waals surface area contributed by atoms with Crippen LogP contribution in [-0.2, 0) is 6.42 Å². The first kappa shape index (κ1) is 14.5. The molecule has 2 nitrogen and oxygen atoms in total. The van der Waals surface area contributed by atoms with Crippen LogP contribution in [0.5, 0.6) is 5.75 Å². The average molecular weight is 297 g/mol. The summed E-state index contributed by atoms with van der Waals surface area (Å²) in [4.78, 5) is 12.1. The maximum absolute atomic E-state index is 13.3. The number of Topliss-reactive ketones (excluding diaryl/α,β-unsaturated/α-hetero) is 1. The van der Waals surface area contributed by atoms with Crippen LogP contribution in [0.2, 0.25) is 5.02 Å². The van der Waals surface area contributed by atoms with Gasteiger partial charge in [-0.3, -0.25) is 4.79 Å². The van der Waals surface area contributed by atoms with E-state index in [0.29, 0.717) is 11.1 Å². The first-order valence-corrected chi connectivity index (χ1v) is 6.19. The molecular weight excluding hydrogens is 286 g/mol. The number of methoxy groups -OCH3 is 1. The van der Waals surface area contributed by atoms with Gasteiger partial charge in [0.15, 0.2) is 17.3 Å². The van der Waals surface area contributed by atoms with Gasteiger partial charge in [0.25, 0.3) is 0 Å². The van der Waals surface area contributed by atoms with E-state index < -0.39 is 11.6 Å². The molecule has 0 aromatic heterocycles. The second-order valence-electron chi connectivity index (χ2n) is 4.20. The highest BCUT2D eigenvalue weighted by atomic mass is 35.5. The zero-order valence-electron chi connectivity index (χ0n) is 10.6. The number of hydrogen-bond acceptors (Lipinski definition) is 2. The van der Waals surface area contributed by atoms with Crippen molar-refractivity contribution in [2.45, 2.75) is 6.42 Å². The molecule has 2 aromatic rings. The summed E-state index contributed by atoms with van der Waals surface area (Å²) >= 11 is 5.57. The van der Waals surface area contributed by atoms with E-state index in [9.17, 15) is 13.6 Å². The lowest BCUT2D eigenvalue weighted by Crippen LogP contribution is -2.04. The lowest BCUT2D eigenvalue weighted by molar-refractivity contribution is 0.0992. The smallest absolute Gasteiger partial charge is 0.167 e. The Morgan fingerprint density at radius 3 is 2.55 bits per heavy atom. The number of benzene rings is 2. The number of carbonyl (C=O) groups is 1. The van der Waals surface area contributed by atoms with E-state index in [1.807, 2.05) is 0 Å². The molecule has 0 atom stereocenters. The van der Waals surface area contributed by atoms with E-state index in [4.69, 9.17) is 16.3 Å². The Hall–Kier alpha value is -1.94. The maximum atomic E-state index is 13.3. The van der Waals surface area contributed by atoms with Gasteiger partial charge in [0.1, 0.15) is 5.82 Å². The molecule has 20 heavy (non-hydrogen) atoms. The summed E-state index contributed by atoms with van der Waals surface area (Å²) in [6, 6.07) is 8.03. The Kier molecular flexibility index (Phi) is 4.35. The topological polar surface area (TPSA) is 26.3 Å². The summed E-state index contributed by atoms with van der Waals surface area (Å²) in [5.74, 6) is -1.38. The fourth-order valence-corrected chi connectivity index (χ4v) is 1.89. The predicted molar refractivity (Wildman–Crippen MR) is 72.4 cm³/mol. The second-order valence-corrected chi connectivity index (χ2v) is 4.60. The van der Waals surface area contributed by atoms with Crippen LogP contribution < -0.4 is 4.74 Å². The third-order valence-electron chi connectivity index (χ3n) is 2.82. The van der Waals surface area contributed by atoms with Crippen LogP contribution in [0.1, 0.15) is 15.9 Å². The Bertz CT molecular complexity index is 656. The summed E-state index contributed by atoms with van der Waals surface area (Å²) in [5, 5.41) is 0.00431. The maximum Gasteiger partial charge on any atom is 0.167 e. The summed E-state index contributed by atoms with van der Waals surface area (Å²) in [6.45, 7) is 0. The molecule has 0 amide bonds. The molecule has 0 N–H and O–H groups in total. The molecular formula is C15H11ClF2O2. The number of rotatable bonds is 4. The fourth-order valence-electron chi connectivity index (χ4n) is 1.77. The molecule has 0 aliphatic rings. The normalized spacial score (nSPS) is 10.4. The van der Waals surface area contributed by atoms with Crippen molar-refractivity contribution in [1.29, 1.82) is 0 Å². The van der Waals surface area contributed by atoms with Crippen molar-refractivity contribution in [3.8, 4) is 5.75 Å². The van der Waals surface area contributed by atoms with Gasteiger partial charge in [-0.05, 0) is 35.9 Å². The van der Waals surface area contributed by atoms with Crippen molar-refractivity contribution in [2.75, 3.05) is 7.11 Å². The van der Waals surface area contributed by atoms with Gasteiger partial charge in [0, 0.05) is 12.0 Å². The molecule has 2 rings (SSSR count). The summed E-state index contributed by atoms with van der Waals surface area (Å²) in [6.07, 6.45) is 0.00285. The van der Waals surface area contributed by atoms with Gasteiger partial charge in [0.2, 0.25) is 0 Å². The molecule has 5 heteroatoms. The van der Waals surface area contributed by atoms with E-state index in [2.05, 4.69) is 0 Å². The van der Waals surface area contributed by atoms with Crippen molar-refractivity contribution in [1.82, 2.24) is 0 Å². The molecule has 0 bridgehead atoms. The van der Waals surface area contributed by atoms with E-state index in [1.54, 1.807) is 6.07 Å². The molecule has 0 fully saturated rings. The number of hydrogen-bond donors (Lipinski definition) is 0. The lowest BCUT2D eigenvalue weighted by Gasteiger charge is -2.06. The van der Waals surface area contributed by atoms with Crippen molar-refractivity contribution in [2.24, 2.45) is 0 Å². The molecule has 0 saturated heterocycles. The van der Waals surface area contributed by atoms with Crippen LogP contribution in [0.25, 0.3) is 0 Å². The summed E-state index contributed by atoms with van der Waals surface area (Å²) in [5.41, 5.74) is 0.804. The summed E-state index contributed by atoms with van der Waals surface area (Å²) in [7, 11) is 1.32. The molecule has 0 aliphatic heterocycles. The Morgan fingerprint density at radius 2 is 1.90 bits per heavy atom. The standard InChI is InChI=1S/C15H11ClF2O2/c1-20-15-8-10(3-5-12(15)17)14(19)7-9-2-4-11(16)13(18)6-9/h2-6,8H,7H2,1H3. The molecule has 0 spiro atoms. The van der Waals surface area contributed by atoms with Crippen LogP contribution in [0, 0.1) is 11.6 Å². The highest BCUT2D eigenvalue weighted by Crippen LogP contribution is 2.21. The van der Waals surface area contributed by atoms with Crippen LogP contribution >= 0.6 is 11.6 Å². The average Bonchev–Trinajstić information content (AvgIpc) is 2.43. The zero-order valence-corrected chi connectivity index (χ0v) is 11.4. The third-order valence-corrected chi connectivity index (χ3v) is 3.13. The summed E-state index contributed by atoms with van der Waals surface area (Å²) < 4.78 is 31.4. The van der Waals surface area contributed by atoms with E-state index in [1.165, 1.54) is 31.4 Å². The fraction of sp³-hybridized carbons (Fsp3) is 0.133. The Labute approximate surface area is 119 Å². The lowest BCUT2D eigenvalue weighted by atomic mass is 10.0. The molecule has 0 saturated carbocycles. The van der Waals surface area contributed by atoms with Gasteiger partial charge < -0.3 is 4.74 Å². The first-order chi connectivity index (χ1) is 9.51. The first-order valence-electron chi connectivity index (χ1n) is 5.82. The molecule has 0 aliphatic carbocycles. The molecule has 104 valence electrons. The van der Waals surface area contributed by atoms with Crippen LogP contribution in [0.4, 0.5) is 8.78 Å². The van der Waals surface area contributed by atoms with Crippen molar-refractivity contribution in [3.05, 3.63) is 64.2 Å². The Morgan fingerprint density at radius 1 is 1.15 bits per heavy atom. The highest BCUT2D eigenvalue weighted by molar-refractivity contribution is 6.30. The SMILES string of the molecule is COc1cc(C(=O)Cc2ccc(Cl)c(F)c2)ccc1F. The second kappa shape index (κ2) is 6.01. The molecule has 0 unspecified atom stereocenters. The number of ketones is 1. The number of carbonyl (C=O) groups excluding carboxylic acids is 1. The van der Waals surface area contributed by atoms with Gasteiger partial charge in [-0.25, -0.2) is 8.78 Å². The number of ether oxygens (including phenoxy) is 1. The molecule has 2 aromatic carbocycles. The van der Waals surface area contributed by atoms with Crippen molar-refractivity contribution >= 4 is 17.4 Å². The number of halogens is 3. The third kappa shape index (κ3) is 3.14. The van der Waals surface area contributed by atoms with Gasteiger partial charge in [-0.1, -0.05) is 17.7 Å². The largest absolute Gasteiger partial charge is 0.494 e. The van der Waals surface area contributed by atoms with Crippen molar-refractivity contribution < 1.29 is 18.3 Å². The molecule has 0 heterocycles. The predicted octanol–water partition coefficient (Wildman–Crippen LogP) is 4.05. The minimum atomic E-state index is -0.575. The van der Waals surface area contributed by atoms with E-state index >= 15 is 0 Å². The zero-order chi connectivity index (χ0) is 14.7. The van der Waals surface area contributed by atoms with Gasteiger partial charge >= 0.3 is 0 Å². The van der Waals surface area contributed by atoms with Gasteiger partial charge in [-0.15, -0.1) is 0 Å². The van der Waals surface area contributed by atoms with E-state index in [0.717, 1.165) is 6.07 Å². The van der Waals surface area contributed by atoms with Crippen LogP contribution in [0.3, 0.4) is 0 Å². The van der Waals surface area contributed by atoms with Crippen LogP contribution in [-0.4, -0.2) is 12.9 Å². The Balaban J connectivity index is 2.21. The monoisotopic (exact) mass is 296 g/mol. The minimum absolute atomic E-state index is 0.00173. The minimum Gasteiger partial charge on any atom is -0.494 e. The van der Waals surface area contributed by atoms with Crippen LogP contribution in [0.15, 0.2) is 36.4 Å².